The molecule has 3 atom stereocenters. The van der Waals surface area contributed by atoms with Crippen LogP contribution in [0.1, 0.15) is 168 Å². The Bertz CT molecular complexity index is 870. The average molecular weight is 656 g/mol. The lowest BCUT2D eigenvalue weighted by molar-refractivity contribution is -0.130. The molecule has 264 valence electrons. The fraction of sp³-hybridized carbons (Fsp3) is 0.811. The van der Waals surface area contributed by atoms with Crippen molar-refractivity contribution in [2.75, 3.05) is 5.75 Å². The molecule has 4 N–H and O–H groups in total. The minimum Gasteiger partial charge on any atom is -0.387 e. The second kappa shape index (κ2) is 31.1. The highest BCUT2D eigenvalue weighted by atomic mass is 32.2. The monoisotopic (exact) mass is 655 g/mol. The molecule has 8 heteroatoms. The van der Waals surface area contributed by atoms with Gasteiger partial charge in [-0.2, -0.15) is 8.42 Å². The van der Waals surface area contributed by atoms with Gasteiger partial charge in [-0.3, -0.25) is 9.35 Å². The summed E-state index contributed by atoms with van der Waals surface area (Å²) in [5.74, 6) is -1.56. The third kappa shape index (κ3) is 30.9. The highest BCUT2D eigenvalue weighted by molar-refractivity contribution is 7.85. The largest absolute Gasteiger partial charge is 0.387 e. The van der Waals surface area contributed by atoms with E-state index in [0.717, 1.165) is 38.5 Å². The molecule has 0 fully saturated rings. The second-order valence-electron chi connectivity index (χ2n) is 12.6. The van der Waals surface area contributed by atoms with Gasteiger partial charge in [0.1, 0.15) is 6.10 Å². The topological polar surface area (TPSA) is 124 Å². The van der Waals surface area contributed by atoms with Crippen molar-refractivity contribution in [3.63, 3.8) is 0 Å². The van der Waals surface area contributed by atoms with Gasteiger partial charge in [-0.25, -0.2) is 0 Å². The lowest BCUT2D eigenvalue weighted by atomic mass is 10.0. The maximum atomic E-state index is 12.5. The van der Waals surface area contributed by atoms with E-state index >= 15 is 0 Å². The van der Waals surface area contributed by atoms with E-state index < -0.39 is 40.0 Å². The van der Waals surface area contributed by atoms with Gasteiger partial charge >= 0.3 is 0 Å². The molecule has 0 radical (unpaired) electrons. The Hall–Kier alpha value is -1.48. The first-order chi connectivity index (χ1) is 21.7. The minimum atomic E-state index is -4.45. The third-order valence-corrected chi connectivity index (χ3v) is 8.93. The van der Waals surface area contributed by atoms with E-state index in [4.69, 9.17) is 0 Å². The zero-order chi connectivity index (χ0) is 33.4. The molecule has 0 bridgehead atoms. The highest BCUT2D eigenvalue weighted by Crippen LogP contribution is 2.13. The zero-order valence-corrected chi connectivity index (χ0v) is 29.7. The van der Waals surface area contributed by atoms with Crippen molar-refractivity contribution in [1.29, 1.82) is 0 Å². The molecule has 45 heavy (non-hydrogen) atoms. The van der Waals surface area contributed by atoms with Crippen molar-refractivity contribution in [2.45, 2.75) is 186 Å². The van der Waals surface area contributed by atoms with E-state index in [-0.39, 0.29) is 6.42 Å². The van der Waals surface area contributed by atoms with Crippen LogP contribution in [0.4, 0.5) is 0 Å². The Morgan fingerprint density at radius 2 is 1.00 bits per heavy atom. The summed E-state index contributed by atoms with van der Waals surface area (Å²) in [6.45, 7) is 4.46. The van der Waals surface area contributed by atoms with E-state index in [0.29, 0.717) is 12.8 Å². The molecule has 0 heterocycles. The summed E-state index contributed by atoms with van der Waals surface area (Å²) in [6, 6.07) is -1.25. The summed E-state index contributed by atoms with van der Waals surface area (Å²) in [5.41, 5.74) is 0. The molecule has 0 saturated carbocycles. The fourth-order valence-corrected chi connectivity index (χ4v) is 6.02. The van der Waals surface area contributed by atoms with Gasteiger partial charge in [0.15, 0.2) is 0 Å². The van der Waals surface area contributed by atoms with Crippen molar-refractivity contribution in [3.05, 3.63) is 36.5 Å². The van der Waals surface area contributed by atoms with Crippen LogP contribution in [0.2, 0.25) is 0 Å². The number of aliphatic hydroxyl groups is 2. The lowest BCUT2D eigenvalue weighted by Crippen LogP contribution is -2.50. The van der Waals surface area contributed by atoms with Crippen molar-refractivity contribution < 1.29 is 28.0 Å². The number of hydrogen-bond acceptors (Lipinski definition) is 5. The predicted molar refractivity (Wildman–Crippen MR) is 190 cm³/mol. The van der Waals surface area contributed by atoms with Crippen molar-refractivity contribution in [1.82, 2.24) is 5.32 Å². The number of carbonyl (C=O) groups excluding carboxylic acids is 1. The molecule has 0 aliphatic carbocycles. The molecule has 1 amide bonds. The van der Waals surface area contributed by atoms with Crippen LogP contribution in [0.15, 0.2) is 36.5 Å². The first-order valence-electron chi connectivity index (χ1n) is 18.3. The van der Waals surface area contributed by atoms with Gasteiger partial charge < -0.3 is 15.5 Å². The normalized spacial score (nSPS) is 14.5. The molecule has 7 nitrogen and oxygen atoms in total. The number of nitrogens with one attached hydrogen (secondary N) is 1. The molecule has 0 aromatic heterocycles. The molecule has 3 unspecified atom stereocenters. The molecule has 0 aromatic rings. The van der Waals surface area contributed by atoms with Crippen LogP contribution < -0.4 is 5.32 Å². The molecule has 0 saturated heterocycles. The number of rotatable bonds is 32. The van der Waals surface area contributed by atoms with Gasteiger partial charge in [0.25, 0.3) is 10.1 Å². The van der Waals surface area contributed by atoms with Crippen LogP contribution in [0.25, 0.3) is 0 Å². The number of amides is 1. The van der Waals surface area contributed by atoms with E-state index in [1.165, 1.54) is 102 Å². The van der Waals surface area contributed by atoms with E-state index in [1.807, 2.05) is 0 Å². The molecule has 0 aliphatic heterocycles. The SMILES string of the molecule is CCCCCC/C=C\CCCCCCCCC(O)C(=O)NC(CS(=O)(=O)O)C(O)/C=C/CC/C=C/CCCCCCCCCC. The second-order valence-corrected chi connectivity index (χ2v) is 14.1. The molecular weight excluding hydrogens is 586 g/mol. The summed E-state index contributed by atoms with van der Waals surface area (Å²) < 4.78 is 32.4. The summed E-state index contributed by atoms with van der Waals surface area (Å²) in [7, 11) is -4.45. The van der Waals surface area contributed by atoms with E-state index in [9.17, 15) is 28.0 Å². The van der Waals surface area contributed by atoms with Crippen molar-refractivity contribution >= 4 is 16.0 Å². The Morgan fingerprint density at radius 3 is 1.49 bits per heavy atom. The van der Waals surface area contributed by atoms with Gasteiger partial charge in [0.05, 0.1) is 17.9 Å². The van der Waals surface area contributed by atoms with Crippen LogP contribution in [-0.2, 0) is 14.9 Å². The maximum absolute atomic E-state index is 12.5. The molecule has 0 spiro atoms. The number of aliphatic hydroxyl groups excluding tert-OH is 2. The Labute approximate surface area is 277 Å². The zero-order valence-electron chi connectivity index (χ0n) is 28.8. The van der Waals surface area contributed by atoms with Crippen molar-refractivity contribution in [3.8, 4) is 0 Å². The average Bonchev–Trinajstić information content (AvgIpc) is 3.00. The summed E-state index contributed by atoms with van der Waals surface area (Å²) in [6.07, 6.45) is 36.2. The van der Waals surface area contributed by atoms with Crippen LogP contribution in [0.3, 0.4) is 0 Å². The number of unbranched alkanes of at least 4 members (excludes halogenated alkanes) is 19. The molecule has 0 aromatic carbocycles. The molecule has 0 rings (SSSR count). The van der Waals surface area contributed by atoms with Gasteiger partial charge in [-0.15, -0.1) is 0 Å². The van der Waals surface area contributed by atoms with Gasteiger partial charge in [0.2, 0.25) is 5.91 Å². The fourth-order valence-electron chi connectivity index (χ4n) is 5.29. The van der Waals surface area contributed by atoms with E-state index in [1.54, 1.807) is 6.08 Å². The minimum absolute atomic E-state index is 0.266. The van der Waals surface area contributed by atoms with Gasteiger partial charge in [-0.05, 0) is 57.8 Å². The standard InChI is InChI=1S/C37H69NO6S/c1-3-5-7-9-11-13-15-17-19-21-23-25-27-29-31-35(39)34(33-45(42,43)44)38-37(41)36(40)32-30-28-26-24-22-20-18-16-14-12-10-8-6-4-2/h14,16,21,23,29,31,34-36,39-40H,3-13,15,17-20,22,24-28,30,32-33H2,1-2H3,(H,38,41)(H,42,43,44)/b16-14-,23-21+,31-29+. The van der Waals surface area contributed by atoms with E-state index in [2.05, 4.69) is 43.5 Å². The quantitative estimate of drug-likeness (QED) is 0.0326. The number of hydrogen-bond donors (Lipinski definition) is 4. The maximum Gasteiger partial charge on any atom is 0.267 e. The van der Waals surface area contributed by atoms with Gasteiger partial charge in [-0.1, -0.05) is 147 Å². The smallest absolute Gasteiger partial charge is 0.267 e. The molecular formula is C37H69NO6S. The summed E-state index contributed by atoms with van der Waals surface area (Å²) in [4.78, 5) is 12.5. The predicted octanol–water partition coefficient (Wildman–Crippen LogP) is 9.15. The number of allylic oxidation sites excluding steroid dienone is 5. The lowest BCUT2D eigenvalue weighted by Gasteiger charge is -2.22. The Kier molecular flexibility index (Phi) is 30.1. The van der Waals surface area contributed by atoms with Crippen molar-refractivity contribution in [2.24, 2.45) is 0 Å². The number of carbonyl (C=O) groups is 1. The summed E-state index contributed by atoms with van der Waals surface area (Å²) >= 11 is 0. The Morgan fingerprint density at radius 1 is 0.600 bits per heavy atom. The molecule has 0 aliphatic rings. The van der Waals surface area contributed by atoms with Crippen LogP contribution >= 0.6 is 0 Å². The summed E-state index contributed by atoms with van der Waals surface area (Å²) in [5, 5.41) is 23.3. The van der Waals surface area contributed by atoms with Crippen LogP contribution in [-0.4, -0.2) is 53.1 Å². The first-order valence-corrected chi connectivity index (χ1v) is 19.9. The third-order valence-electron chi connectivity index (χ3n) is 8.15. The van der Waals surface area contributed by atoms with Crippen LogP contribution in [0.5, 0.6) is 0 Å². The first kappa shape index (κ1) is 43.5. The van der Waals surface area contributed by atoms with Gasteiger partial charge in [0, 0.05) is 0 Å². The Balaban J connectivity index is 4.19. The highest BCUT2D eigenvalue weighted by Gasteiger charge is 2.27. The van der Waals surface area contributed by atoms with Crippen LogP contribution in [0, 0.1) is 0 Å².